The van der Waals surface area contributed by atoms with Crippen LogP contribution in [0.3, 0.4) is 0 Å². The van der Waals surface area contributed by atoms with Crippen molar-refractivity contribution in [1.82, 2.24) is 5.32 Å². The van der Waals surface area contributed by atoms with Gasteiger partial charge in [-0.15, -0.1) is 0 Å². The molecule has 2 N–H and O–H groups in total. The summed E-state index contributed by atoms with van der Waals surface area (Å²) in [5.74, 6) is -0.377. The molecule has 1 aliphatic heterocycles. The molecule has 0 unspecified atom stereocenters. The summed E-state index contributed by atoms with van der Waals surface area (Å²) in [5.41, 5.74) is 0. The third kappa shape index (κ3) is 2.46. The molecule has 2 atom stereocenters. The van der Waals surface area contributed by atoms with Crippen molar-refractivity contribution in [2.24, 2.45) is 5.92 Å². The molecule has 0 amide bonds. The van der Waals surface area contributed by atoms with Gasteiger partial charge in [-0.3, -0.25) is 4.79 Å². The maximum absolute atomic E-state index is 11.2. The quantitative estimate of drug-likeness (QED) is 0.554. The van der Waals surface area contributed by atoms with Gasteiger partial charge in [0.25, 0.3) is 0 Å². The lowest BCUT2D eigenvalue weighted by Gasteiger charge is -2.24. The van der Waals surface area contributed by atoms with Crippen LogP contribution in [0.5, 0.6) is 0 Å². The number of esters is 1. The highest BCUT2D eigenvalue weighted by molar-refractivity contribution is 5.72. The van der Waals surface area contributed by atoms with E-state index in [0.717, 1.165) is 0 Å². The summed E-state index contributed by atoms with van der Waals surface area (Å²) in [6, 6.07) is 0. The van der Waals surface area contributed by atoms with Crippen molar-refractivity contribution in [2.75, 3.05) is 19.7 Å². The molecule has 0 aromatic heterocycles. The molecule has 0 aromatic rings. The van der Waals surface area contributed by atoms with E-state index in [2.05, 4.69) is 5.32 Å². The van der Waals surface area contributed by atoms with Crippen LogP contribution in [0.25, 0.3) is 0 Å². The monoisotopic (exact) mass is 173 g/mol. The highest BCUT2D eigenvalue weighted by Gasteiger charge is 2.26. The van der Waals surface area contributed by atoms with E-state index in [-0.39, 0.29) is 11.9 Å². The van der Waals surface area contributed by atoms with E-state index < -0.39 is 6.10 Å². The number of carbonyl (C=O) groups is 1. The Balaban J connectivity index is 2.35. The van der Waals surface area contributed by atoms with Crippen molar-refractivity contribution in [3.63, 3.8) is 0 Å². The Morgan fingerprint density at radius 2 is 2.42 bits per heavy atom. The zero-order valence-corrected chi connectivity index (χ0v) is 7.25. The molecular weight excluding hydrogens is 158 g/mol. The number of rotatable bonds is 2. The number of ether oxygens (including phenoxy) is 1. The SMILES string of the molecule is CCOC(=O)[C@H]1CNC[C@H](O)C1. The van der Waals surface area contributed by atoms with E-state index >= 15 is 0 Å². The van der Waals surface area contributed by atoms with Gasteiger partial charge in [0.1, 0.15) is 0 Å². The molecule has 12 heavy (non-hydrogen) atoms. The lowest BCUT2D eigenvalue weighted by Crippen LogP contribution is -2.42. The zero-order valence-electron chi connectivity index (χ0n) is 7.25. The summed E-state index contributed by atoms with van der Waals surface area (Å²) < 4.78 is 4.84. The Hall–Kier alpha value is -0.610. The third-order valence-electron chi connectivity index (χ3n) is 1.95. The van der Waals surface area contributed by atoms with Gasteiger partial charge in [-0.1, -0.05) is 0 Å². The summed E-state index contributed by atoms with van der Waals surface area (Å²) in [7, 11) is 0. The molecule has 0 bridgehead atoms. The van der Waals surface area contributed by atoms with E-state index in [4.69, 9.17) is 4.74 Å². The van der Waals surface area contributed by atoms with Crippen molar-refractivity contribution in [1.29, 1.82) is 0 Å². The van der Waals surface area contributed by atoms with Gasteiger partial charge in [0.15, 0.2) is 0 Å². The van der Waals surface area contributed by atoms with Gasteiger partial charge in [0, 0.05) is 13.1 Å². The first kappa shape index (κ1) is 9.48. The van der Waals surface area contributed by atoms with E-state index in [1.807, 2.05) is 0 Å². The first-order chi connectivity index (χ1) is 5.74. The molecule has 0 radical (unpaired) electrons. The van der Waals surface area contributed by atoms with Crippen LogP contribution in [0.15, 0.2) is 0 Å². The van der Waals surface area contributed by atoms with Gasteiger partial charge in [-0.2, -0.15) is 0 Å². The van der Waals surface area contributed by atoms with E-state index in [0.29, 0.717) is 26.1 Å². The van der Waals surface area contributed by atoms with Crippen LogP contribution >= 0.6 is 0 Å². The summed E-state index contributed by atoms with van der Waals surface area (Å²) in [5, 5.41) is 12.2. The second-order valence-electron chi connectivity index (χ2n) is 3.00. The Kier molecular flexibility index (Phi) is 3.49. The van der Waals surface area contributed by atoms with Crippen LogP contribution in [-0.4, -0.2) is 36.9 Å². The highest BCUT2D eigenvalue weighted by atomic mass is 16.5. The summed E-state index contributed by atoms with van der Waals surface area (Å²) in [6.45, 7) is 3.39. The molecule has 4 heteroatoms. The zero-order chi connectivity index (χ0) is 8.97. The second-order valence-corrected chi connectivity index (χ2v) is 3.00. The highest BCUT2D eigenvalue weighted by Crippen LogP contribution is 2.11. The van der Waals surface area contributed by atoms with Crippen LogP contribution in [0, 0.1) is 5.92 Å². The average molecular weight is 173 g/mol. The van der Waals surface area contributed by atoms with Gasteiger partial charge >= 0.3 is 5.97 Å². The van der Waals surface area contributed by atoms with Crippen molar-refractivity contribution in [3.8, 4) is 0 Å². The molecular formula is C8H15NO3. The Labute approximate surface area is 71.9 Å². The Morgan fingerprint density at radius 3 is 3.00 bits per heavy atom. The fourth-order valence-corrected chi connectivity index (χ4v) is 1.36. The molecule has 0 saturated carbocycles. The minimum Gasteiger partial charge on any atom is -0.466 e. The van der Waals surface area contributed by atoms with Crippen LogP contribution in [0.1, 0.15) is 13.3 Å². The number of hydrogen-bond donors (Lipinski definition) is 2. The van der Waals surface area contributed by atoms with Crippen LogP contribution < -0.4 is 5.32 Å². The average Bonchev–Trinajstić information content (AvgIpc) is 2.05. The fourth-order valence-electron chi connectivity index (χ4n) is 1.36. The molecule has 4 nitrogen and oxygen atoms in total. The standard InChI is InChI=1S/C8H15NO3/c1-2-12-8(11)6-3-7(10)5-9-4-6/h6-7,9-10H,2-5H2,1H3/t6-,7-/m1/s1. The lowest BCUT2D eigenvalue weighted by atomic mass is 9.98. The van der Waals surface area contributed by atoms with Crippen molar-refractivity contribution < 1.29 is 14.6 Å². The molecule has 0 aromatic carbocycles. The number of carbonyl (C=O) groups excluding carboxylic acids is 1. The first-order valence-corrected chi connectivity index (χ1v) is 4.29. The van der Waals surface area contributed by atoms with Gasteiger partial charge in [0.05, 0.1) is 18.6 Å². The smallest absolute Gasteiger partial charge is 0.310 e. The van der Waals surface area contributed by atoms with Gasteiger partial charge < -0.3 is 15.2 Å². The normalized spacial score (nSPS) is 29.8. The maximum Gasteiger partial charge on any atom is 0.310 e. The minimum atomic E-state index is -0.409. The summed E-state index contributed by atoms with van der Waals surface area (Å²) >= 11 is 0. The first-order valence-electron chi connectivity index (χ1n) is 4.29. The number of aliphatic hydroxyl groups is 1. The van der Waals surface area contributed by atoms with E-state index in [1.54, 1.807) is 6.92 Å². The van der Waals surface area contributed by atoms with Gasteiger partial charge in [-0.05, 0) is 13.3 Å². The second kappa shape index (κ2) is 4.42. The molecule has 0 spiro atoms. The summed E-state index contributed by atoms with van der Waals surface area (Å²) in [4.78, 5) is 11.2. The van der Waals surface area contributed by atoms with Crippen LogP contribution in [0.4, 0.5) is 0 Å². The topological polar surface area (TPSA) is 58.6 Å². The minimum absolute atomic E-state index is 0.173. The molecule has 70 valence electrons. The molecule has 1 heterocycles. The van der Waals surface area contributed by atoms with E-state index in [1.165, 1.54) is 0 Å². The van der Waals surface area contributed by atoms with Gasteiger partial charge in [0.2, 0.25) is 0 Å². The van der Waals surface area contributed by atoms with Crippen molar-refractivity contribution in [3.05, 3.63) is 0 Å². The number of piperidine rings is 1. The molecule has 1 rings (SSSR count). The molecule has 0 aliphatic carbocycles. The number of nitrogens with one attached hydrogen (secondary N) is 1. The predicted molar refractivity (Wildman–Crippen MR) is 43.6 cm³/mol. The predicted octanol–water partition coefficient (Wildman–Crippen LogP) is -0.480. The Morgan fingerprint density at radius 1 is 1.67 bits per heavy atom. The largest absolute Gasteiger partial charge is 0.466 e. The van der Waals surface area contributed by atoms with Crippen molar-refractivity contribution >= 4 is 5.97 Å². The van der Waals surface area contributed by atoms with E-state index in [9.17, 15) is 9.90 Å². The molecule has 1 aliphatic rings. The maximum atomic E-state index is 11.2. The fraction of sp³-hybridized carbons (Fsp3) is 0.875. The van der Waals surface area contributed by atoms with Gasteiger partial charge in [-0.25, -0.2) is 0 Å². The van der Waals surface area contributed by atoms with Crippen molar-refractivity contribution in [2.45, 2.75) is 19.4 Å². The van der Waals surface area contributed by atoms with Crippen LogP contribution in [-0.2, 0) is 9.53 Å². The van der Waals surface area contributed by atoms with Crippen LogP contribution in [0.2, 0.25) is 0 Å². The number of aliphatic hydroxyl groups excluding tert-OH is 1. The number of β-amino-alcohol motifs (C(OH)–C–C–N with tert-alkyl or cyclic N) is 1. The summed E-state index contributed by atoms with van der Waals surface area (Å²) in [6.07, 6.45) is 0.111. The third-order valence-corrected chi connectivity index (χ3v) is 1.95. The lowest BCUT2D eigenvalue weighted by molar-refractivity contribution is -0.149. The Bertz CT molecular complexity index is 160. The number of hydrogen-bond acceptors (Lipinski definition) is 4. The molecule has 1 fully saturated rings. The molecule has 1 saturated heterocycles.